The van der Waals surface area contributed by atoms with E-state index in [-0.39, 0.29) is 23.5 Å². The van der Waals surface area contributed by atoms with E-state index in [4.69, 9.17) is 4.99 Å². The number of nitrogens with zero attached hydrogens (tertiary/aromatic N) is 1. The standard InChI is InChI=1S/C33H26N2O3/c1-22-29(35-33(38)28-14-8-13-27(20-28)32(37)26-11-6-3-7-12-26)21-30(34-22)24-17-15-23(16-18-24)19-31(36)25-9-4-2-5-10-25/h2-18,20-22H,19H2,1H3,(H,35,38). The van der Waals surface area contributed by atoms with Crippen LogP contribution in [-0.4, -0.2) is 29.2 Å². The van der Waals surface area contributed by atoms with Crippen LogP contribution >= 0.6 is 0 Å². The minimum Gasteiger partial charge on any atom is -0.323 e. The van der Waals surface area contributed by atoms with Crippen molar-refractivity contribution in [1.29, 1.82) is 0 Å². The van der Waals surface area contributed by atoms with Gasteiger partial charge < -0.3 is 5.32 Å². The quantitative estimate of drug-likeness (QED) is 0.310. The number of Topliss-reactive ketones (excluding diaryl/α,β-unsaturated/α-hetero) is 1. The van der Waals surface area contributed by atoms with E-state index < -0.39 is 0 Å². The highest BCUT2D eigenvalue weighted by atomic mass is 16.2. The highest BCUT2D eigenvalue weighted by molar-refractivity contribution is 6.12. The van der Waals surface area contributed by atoms with E-state index in [9.17, 15) is 14.4 Å². The highest BCUT2D eigenvalue weighted by Crippen LogP contribution is 2.19. The Labute approximate surface area is 221 Å². The van der Waals surface area contributed by atoms with Gasteiger partial charge in [0.1, 0.15) is 0 Å². The summed E-state index contributed by atoms with van der Waals surface area (Å²) in [5.41, 5.74) is 5.43. The Morgan fingerprint density at radius 1 is 0.711 bits per heavy atom. The van der Waals surface area contributed by atoms with Crippen LogP contribution in [0.1, 0.15) is 54.7 Å². The third-order valence-electron chi connectivity index (χ3n) is 6.47. The Hall–Kier alpha value is -4.90. The summed E-state index contributed by atoms with van der Waals surface area (Å²) in [6.45, 7) is 1.92. The second kappa shape index (κ2) is 11.0. The fraction of sp³-hybridized carbons (Fsp3) is 0.0909. The van der Waals surface area contributed by atoms with Gasteiger partial charge in [-0.05, 0) is 36.3 Å². The molecule has 0 spiro atoms. The molecule has 1 atom stereocenters. The van der Waals surface area contributed by atoms with Crippen molar-refractivity contribution in [3.8, 4) is 0 Å². The second-order valence-electron chi connectivity index (χ2n) is 9.18. The molecule has 1 aliphatic heterocycles. The lowest BCUT2D eigenvalue weighted by Gasteiger charge is -2.10. The number of amides is 1. The molecule has 0 saturated carbocycles. The summed E-state index contributed by atoms with van der Waals surface area (Å²) in [6.07, 6.45) is 2.20. The first-order valence-electron chi connectivity index (χ1n) is 12.5. The molecule has 1 unspecified atom stereocenters. The van der Waals surface area contributed by atoms with Crippen LogP contribution in [0.2, 0.25) is 0 Å². The maximum atomic E-state index is 13.0. The lowest BCUT2D eigenvalue weighted by atomic mass is 10.0. The van der Waals surface area contributed by atoms with Crippen molar-refractivity contribution in [2.24, 2.45) is 4.99 Å². The van der Waals surface area contributed by atoms with Crippen molar-refractivity contribution < 1.29 is 14.4 Å². The molecule has 4 aromatic rings. The van der Waals surface area contributed by atoms with Gasteiger partial charge in [-0.2, -0.15) is 0 Å². The zero-order chi connectivity index (χ0) is 26.5. The van der Waals surface area contributed by atoms with E-state index in [0.29, 0.717) is 34.4 Å². The number of rotatable bonds is 8. The van der Waals surface area contributed by atoms with Gasteiger partial charge in [-0.3, -0.25) is 19.4 Å². The number of aliphatic imine (C=N–C) groups is 1. The zero-order valence-electron chi connectivity index (χ0n) is 20.9. The van der Waals surface area contributed by atoms with Gasteiger partial charge in [-0.25, -0.2) is 0 Å². The summed E-state index contributed by atoms with van der Waals surface area (Å²) in [7, 11) is 0. The molecular weight excluding hydrogens is 472 g/mol. The van der Waals surface area contributed by atoms with E-state index in [1.54, 1.807) is 36.4 Å². The van der Waals surface area contributed by atoms with Crippen LogP contribution in [0.4, 0.5) is 0 Å². The minimum absolute atomic E-state index is 0.0737. The van der Waals surface area contributed by atoms with Gasteiger partial charge in [0.25, 0.3) is 5.91 Å². The molecule has 0 bridgehead atoms. The summed E-state index contributed by atoms with van der Waals surface area (Å²) >= 11 is 0. The molecule has 0 radical (unpaired) electrons. The minimum atomic E-state index is -0.294. The van der Waals surface area contributed by atoms with Crippen LogP contribution in [0, 0.1) is 0 Å². The average Bonchev–Trinajstić information content (AvgIpc) is 3.33. The summed E-state index contributed by atoms with van der Waals surface area (Å²) in [5.74, 6) is -0.352. The highest BCUT2D eigenvalue weighted by Gasteiger charge is 2.21. The van der Waals surface area contributed by atoms with Gasteiger partial charge in [0.05, 0.1) is 11.8 Å². The summed E-state index contributed by atoms with van der Waals surface area (Å²) in [4.78, 5) is 43.0. The number of hydrogen-bond donors (Lipinski definition) is 1. The molecule has 5 nitrogen and oxygen atoms in total. The topological polar surface area (TPSA) is 75.6 Å². The molecule has 38 heavy (non-hydrogen) atoms. The van der Waals surface area contributed by atoms with Crippen molar-refractivity contribution in [2.45, 2.75) is 19.4 Å². The third-order valence-corrected chi connectivity index (χ3v) is 6.47. The predicted molar refractivity (Wildman–Crippen MR) is 149 cm³/mol. The number of benzene rings is 4. The van der Waals surface area contributed by atoms with Gasteiger partial charge >= 0.3 is 0 Å². The van der Waals surface area contributed by atoms with Crippen LogP contribution in [-0.2, 0) is 6.42 Å². The molecule has 4 aromatic carbocycles. The molecular formula is C33H26N2O3. The summed E-state index contributed by atoms with van der Waals surface area (Å²) in [6, 6.07) is 32.5. The SMILES string of the molecule is CC1N=C(c2ccc(CC(=O)c3ccccc3)cc2)C=C1NC(=O)c1cccc(C(=O)c2ccccc2)c1. The van der Waals surface area contributed by atoms with Crippen LogP contribution in [0.15, 0.2) is 126 Å². The molecule has 0 aromatic heterocycles. The Morgan fingerprint density at radius 2 is 1.32 bits per heavy atom. The smallest absolute Gasteiger partial charge is 0.255 e. The van der Waals surface area contributed by atoms with Gasteiger partial charge in [0.2, 0.25) is 0 Å². The van der Waals surface area contributed by atoms with Crippen LogP contribution in [0.5, 0.6) is 0 Å². The van der Waals surface area contributed by atoms with Gasteiger partial charge in [0.15, 0.2) is 11.6 Å². The van der Waals surface area contributed by atoms with Crippen molar-refractivity contribution in [1.82, 2.24) is 5.32 Å². The normalized spacial score (nSPS) is 14.4. The molecule has 0 fully saturated rings. The van der Waals surface area contributed by atoms with Crippen LogP contribution in [0.25, 0.3) is 0 Å². The maximum Gasteiger partial charge on any atom is 0.255 e. The Morgan fingerprint density at radius 3 is 2.00 bits per heavy atom. The second-order valence-corrected chi connectivity index (χ2v) is 9.18. The predicted octanol–water partition coefficient (Wildman–Crippen LogP) is 5.85. The number of ketones is 2. The maximum absolute atomic E-state index is 13.0. The van der Waals surface area contributed by atoms with Crippen molar-refractivity contribution in [3.05, 3.63) is 154 Å². The van der Waals surface area contributed by atoms with E-state index in [2.05, 4.69) is 5.32 Å². The molecule has 5 rings (SSSR count). The summed E-state index contributed by atoms with van der Waals surface area (Å²) < 4.78 is 0. The van der Waals surface area contributed by atoms with Crippen molar-refractivity contribution in [3.63, 3.8) is 0 Å². The molecule has 1 heterocycles. The molecule has 0 saturated heterocycles. The lowest BCUT2D eigenvalue weighted by Crippen LogP contribution is -2.26. The number of hydrogen-bond acceptors (Lipinski definition) is 4. The van der Waals surface area contributed by atoms with Gasteiger partial charge in [-0.15, -0.1) is 0 Å². The number of allylic oxidation sites excluding steroid dienone is 1. The van der Waals surface area contributed by atoms with E-state index in [0.717, 1.165) is 16.8 Å². The third kappa shape index (κ3) is 5.57. The monoisotopic (exact) mass is 498 g/mol. The molecule has 186 valence electrons. The number of carbonyl (C=O) groups excluding carboxylic acids is 3. The first kappa shape index (κ1) is 24.8. The first-order chi connectivity index (χ1) is 18.5. The average molecular weight is 499 g/mol. The van der Waals surface area contributed by atoms with E-state index in [1.807, 2.05) is 85.8 Å². The molecule has 1 aliphatic rings. The lowest BCUT2D eigenvalue weighted by molar-refractivity contribution is 0.0962. The fourth-order valence-corrected chi connectivity index (χ4v) is 4.35. The first-order valence-corrected chi connectivity index (χ1v) is 12.5. The van der Waals surface area contributed by atoms with Crippen LogP contribution in [0.3, 0.4) is 0 Å². The van der Waals surface area contributed by atoms with Gasteiger partial charge in [0, 0.05) is 34.4 Å². The molecule has 1 N–H and O–H groups in total. The Balaban J connectivity index is 1.25. The Bertz CT molecular complexity index is 1550. The largest absolute Gasteiger partial charge is 0.323 e. The van der Waals surface area contributed by atoms with Crippen molar-refractivity contribution >= 4 is 23.2 Å². The van der Waals surface area contributed by atoms with E-state index in [1.165, 1.54) is 0 Å². The Kier molecular flexibility index (Phi) is 7.18. The number of carbonyl (C=O) groups is 3. The fourth-order valence-electron chi connectivity index (χ4n) is 4.35. The zero-order valence-corrected chi connectivity index (χ0v) is 20.9. The molecule has 5 heteroatoms. The summed E-state index contributed by atoms with van der Waals surface area (Å²) in [5, 5.41) is 2.96. The van der Waals surface area contributed by atoms with Gasteiger partial charge in [-0.1, -0.05) is 97.1 Å². The van der Waals surface area contributed by atoms with Crippen LogP contribution < -0.4 is 5.32 Å². The van der Waals surface area contributed by atoms with E-state index >= 15 is 0 Å². The molecule has 0 aliphatic carbocycles. The number of nitrogens with one attached hydrogen (secondary N) is 1. The molecule has 1 amide bonds. The van der Waals surface area contributed by atoms with Crippen molar-refractivity contribution in [2.75, 3.05) is 0 Å².